The summed E-state index contributed by atoms with van der Waals surface area (Å²) in [5.74, 6) is 0.346. The number of imide groups is 1. The highest BCUT2D eigenvalue weighted by atomic mass is 16.5. The Morgan fingerprint density at radius 1 is 0.893 bits per heavy atom. The van der Waals surface area contributed by atoms with E-state index in [1.165, 1.54) is 0 Å². The van der Waals surface area contributed by atoms with Gasteiger partial charge in [0.2, 0.25) is 0 Å². The minimum atomic E-state index is -0.517. The first-order chi connectivity index (χ1) is 13.7. The molecule has 142 valence electrons. The number of urea groups is 1. The fraction of sp³-hybridized carbons (Fsp3) is 0.136. The summed E-state index contributed by atoms with van der Waals surface area (Å²) in [7, 11) is 1.62. The molecule has 1 aromatic heterocycles. The van der Waals surface area contributed by atoms with E-state index in [2.05, 4.69) is 15.6 Å². The lowest BCUT2D eigenvalue weighted by Gasteiger charge is -2.08. The Morgan fingerprint density at radius 2 is 1.54 bits per heavy atom. The van der Waals surface area contributed by atoms with Gasteiger partial charge in [0.15, 0.2) is 0 Å². The number of aromatic nitrogens is 1. The molecule has 28 heavy (non-hydrogen) atoms. The van der Waals surface area contributed by atoms with Gasteiger partial charge >= 0.3 is 6.03 Å². The van der Waals surface area contributed by atoms with E-state index >= 15 is 0 Å². The molecule has 0 aliphatic carbocycles. The molecule has 2 aromatic carbocycles. The van der Waals surface area contributed by atoms with Crippen LogP contribution in [0.1, 0.15) is 15.9 Å². The number of rotatable bonds is 6. The normalized spacial score (nSPS) is 10.2. The third kappa shape index (κ3) is 5.17. The van der Waals surface area contributed by atoms with Crippen LogP contribution in [0.2, 0.25) is 0 Å². The number of hydrogen-bond donors (Lipinski definition) is 2. The van der Waals surface area contributed by atoms with E-state index in [1.54, 1.807) is 31.6 Å². The van der Waals surface area contributed by atoms with Crippen molar-refractivity contribution in [2.24, 2.45) is 0 Å². The van der Waals surface area contributed by atoms with E-state index in [0.29, 0.717) is 18.5 Å². The Kier molecular flexibility index (Phi) is 6.36. The standard InChI is InChI=1S/C22H21N3O3/c1-28-20-8-2-16(3-9-20)10-15-24-22(27)25-21(26)19-6-4-17(5-7-19)18-11-13-23-14-12-18/h2-9,11-14H,10,15H2,1H3,(H2,24,25,26,27). The largest absolute Gasteiger partial charge is 0.497 e. The molecule has 0 unspecified atom stereocenters. The zero-order valence-corrected chi connectivity index (χ0v) is 15.5. The van der Waals surface area contributed by atoms with E-state index in [9.17, 15) is 9.59 Å². The first kappa shape index (κ1) is 19.1. The summed E-state index contributed by atoms with van der Waals surface area (Å²) in [6, 6.07) is 17.9. The summed E-state index contributed by atoms with van der Waals surface area (Å²) in [4.78, 5) is 28.1. The molecule has 0 saturated carbocycles. The van der Waals surface area contributed by atoms with Gasteiger partial charge in [0.1, 0.15) is 5.75 Å². The van der Waals surface area contributed by atoms with Crippen LogP contribution in [0.25, 0.3) is 11.1 Å². The van der Waals surface area contributed by atoms with Gasteiger partial charge in [-0.3, -0.25) is 15.1 Å². The summed E-state index contributed by atoms with van der Waals surface area (Å²) in [6.45, 7) is 0.423. The second-order valence-corrected chi connectivity index (χ2v) is 6.12. The van der Waals surface area contributed by atoms with Crippen LogP contribution >= 0.6 is 0 Å². The molecule has 0 saturated heterocycles. The van der Waals surface area contributed by atoms with E-state index in [1.807, 2.05) is 48.5 Å². The minimum Gasteiger partial charge on any atom is -0.497 e. The van der Waals surface area contributed by atoms with Crippen LogP contribution in [0.4, 0.5) is 4.79 Å². The van der Waals surface area contributed by atoms with Crippen molar-refractivity contribution in [1.82, 2.24) is 15.6 Å². The molecule has 2 N–H and O–H groups in total. The topological polar surface area (TPSA) is 80.3 Å². The average molecular weight is 375 g/mol. The van der Waals surface area contributed by atoms with Gasteiger partial charge < -0.3 is 10.1 Å². The number of carbonyl (C=O) groups is 2. The van der Waals surface area contributed by atoms with Crippen molar-refractivity contribution in [2.75, 3.05) is 13.7 Å². The van der Waals surface area contributed by atoms with Crippen LogP contribution in [-0.4, -0.2) is 30.6 Å². The lowest BCUT2D eigenvalue weighted by atomic mass is 10.1. The highest BCUT2D eigenvalue weighted by Crippen LogP contribution is 2.18. The third-order valence-electron chi connectivity index (χ3n) is 4.25. The van der Waals surface area contributed by atoms with Crippen molar-refractivity contribution in [2.45, 2.75) is 6.42 Å². The van der Waals surface area contributed by atoms with Gasteiger partial charge in [-0.1, -0.05) is 24.3 Å². The maximum Gasteiger partial charge on any atom is 0.321 e. The number of ether oxygens (including phenoxy) is 1. The molecule has 0 fully saturated rings. The van der Waals surface area contributed by atoms with Crippen LogP contribution in [0, 0.1) is 0 Å². The van der Waals surface area contributed by atoms with Crippen LogP contribution in [0.15, 0.2) is 73.1 Å². The first-order valence-corrected chi connectivity index (χ1v) is 8.88. The van der Waals surface area contributed by atoms with Crippen molar-refractivity contribution >= 4 is 11.9 Å². The van der Waals surface area contributed by atoms with Crippen LogP contribution in [0.3, 0.4) is 0 Å². The minimum absolute atomic E-state index is 0.420. The van der Waals surface area contributed by atoms with Crippen LogP contribution in [0.5, 0.6) is 5.75 Å². The lowest BCUT2D eigenvalue weighted by molar-refractivity contribution is 0.0964. The van der Waals surface area contributed by atoms with Gasteiger partial charge in [0.05, 0.1) is 7.11 Å². The quantitative estimate of drug-likeness (QED) is 0.692. The van der Waals surface area contributed by atoms with E-state index < -0.39 is 11.9 Å². The Morgan fingerprint density at radius 3 is 2.18 bits per heavy atom. The number of pyridine rings is 1. The highest BCUT2D eigenvalue weighted by Gasteiger charge is 2.10. The Hall–Kier alpha value is -3.67. The Bertz CT molecular complexity index is 924. The summed E-state index contributed by atoms with van der Waals surface area (Å²) in [6.07, 6.45) is 4.09. The molecule has 3 rings (SSSR count). The molecule has 3 aromatic rings. The lowest BCUT2D eigenvalue weighted by Crippen LogP contribution is -2.40. The molecular weight excluding hydrogens is 354 g/mol. The van der Waals surface area contributed by atoms with Gasteiger partial charge in [-0.2, -0.15) is 0 Å². The number of nitrogens with zero attached hydrogens (tertiary/aromatic N) is 1. The van der Waals surface area contributed by atoms with Crippen molar-refractivity contribution in [3.05, 3.63) is 84.2 Å². The summed E-state index contributed by atoms with van der Waals surface area (Å²) >= 11 is 0. The summed E-state index contributed by atoms with van der Waals surface area (Å²) < 4.78 is 5.11. The molecule has 0 aliphatic heterocycles. The average Bonchev–Trinajstić information content (AvgIpc) is 2.75. The molecule has 0 atom stereocenters. The number of carbonyl (C=O) groups excluding carboxylic acids is 2. The zero-order chi connectivity index (χ0) is 19.8. The smallest absolute Gasteiger partial charge is 0.321 e. The predicted octanol–water partition coefficient (Wildman–Crippen LogP) is 3.44. The maximum absolute atomic E-state index is 12.2. The Balaban J connectivity index is 1.47. The molecule has 1 heterocycles. The molecule has 3 amide bonds. The summed E-state index contributed by atoms with van der Waals surface area (Å²) in [5, 5.41) is 5.03. The molecule has 0 bridgehead atoms. The van der Waals surface area contributed by atoms with Gasteiger partial charge in [-0.25, -0.2) is 4.79 Å². The Labute approximate surface area is 163 Å². The maximum atomic E-state index is 12.2. The second kappa shape index (κ2) is 9.32. The fourth-order valence-electron chi connectivity index (χ4n) is 2.69. The number of methoxy groups -OCH3 is 1. The van der Waals surface area contributed by atoms with Crippen molar-refractivity contribution in [3.8, 4) is 16.9 Å². The van der Waals surface area contributed by atoms with Crippen molar-refractivity contribution in [1.29, 1.82) is 0 Å². The first-order valence-electron chi connectivity index (χ1n) is 8.88. The monoisotopic (exact) mass is 375 g/mol. The predicted molar refractivity (Wildman–Crippen MR) is 107 cm³/mol. The highest BCUT2D eigenvalue weighted by molar-refractivity contribution is 6.04. The molecule has 0 radical (unpaired) electrons. The van der Waals surface area contributed by atoms with Crippen LogP contribution in [-0.2, 0) is 6.42 Å². The van der Waals surface area contributed by atoms with Gasteiger partial charge in [0, 0.05) is 24.5 Å². The van der Waals surface area contributed by atoms with Gasteiger partial charge in [-0.05, 0) is 59.5 Å². The zero-order valence-electron chi connectivity index (χ0n) is 15.5. The van der Waals surface area contributed by atoms with E-state index in [-0.39, 0.29) is 0 Å². The van der Waals surface area contributed by atoms with E-state index in [4.69, 9.17) is 4.74 Å². The number of nitrogens with one attached hydrogen (secondary N) is 2. The van der Waals surface area contributed by atoms with Gasteiger partial charge in [0.25, 0.3) is 5.91 Å². The van der Waals surface area contributed by atoms with Gasteiger partial charge in [-0.15, -0.1) is 0 Å². The number of hydrogen-bond acceptors (Lipinski definition) is 4. The molecule has 6 nitrogen and oxygen atoms in total. The van der Waals surface area contributed by atoms with Crippen molar-refractivity contribution in [3.63, 3.8) is 0 Å². The fourth-order valence-corrected chi connectivity index (χ4v) is 2.69. The second-order valence-electron chi connectivity index (χ2n) is 6.12. The van der Waals surface area contributed by atoms with Crippen molar-refractivity contribution < 1.29 is 14.3 Å². The summed E-state index contributed by atoms with van der Waals surface area (Å²) in [5.41, 5.74) is 3.48. The number of benzene rings is 2. The van der Waals surface area contributed by atoms with Crippen LogP contribution < -0.4 is 15.4 Å². The SMILES string of the molecule is COc1ccc(CCNC(=O)NC(=O)c2ccc(-c3ccncc3)cc2)cc1. The molecule has 0 aliphatic rings. The molecule has 6 heteroatoms. The number of amides is 3. The molecular formula is C22H21N3O3. The van der Waals surface area contributed by atoms with E-state index in [0.717, 1.165) is 22.4 Å². The third-order valence-corrected chi connectivity index (χ3v) is 4.25. The molecule has 0 spiro atoms.